The number of thiazole rings is 1. The van der Waals surface area contributed by atoms with Crippen molar-refractivity contribution >= 4 is 27.1 Å². The Kier molecular flexibility index (Phi) is 6.72. The Hall–Kier alpha value is -1.73. The van der Waals surface area contributed by atoms with Crippen LogP contribution in [0.2, 0.25) is 0 Å². The zero-order valence-electron chi connectivity index (χ0n) is 14.8. The summed E-state index contributed by atoms with van der Waals surface area (Å²) in [5, 5.41) is 5.39. The van der Waals surface area contributed by atoms with E-state index in [0.29, 0.717) is 6.54 Å². The summed E-state index contributed by atoms with van der Waals surface area (Å²) in [7, 11) is -3.49. The van der Waals surface area contributed by atoms with E-state index in [1.807, 2.05) is 12.3 Å². The van der Waals surface area contributed by atoms with Crippen LogP contribution in [-0.2, 0) is 16.3 Å². The number of sulfone groups is 1. The second-order valence-corrected chi connectivity index (χ2v) is 9.60. The van der Waals surface area contributed by atoms with E-state index in [4.69, 9.17) is 0 Å². The Morgan fingerprint density at radius 3 is 2.60 bits per heavy atom. The van der Waals surface area contributed by atoms with Gasteiger partial charge < -0.3 is 5.32 Å². The molecule has 0 aliphatic rings. The molecule has 1 aromatic heterocycles. The summed E-state index contributed by atoms with van der Waals surface area (Å²) in [6.45, 7) is 5.72. The number of nitrogens with zero attached hydrogens (tertiary/aromatic N) is 1. The topological polar surface area (TPSA) is 76.1 Å². The van der Waals surface area contributed by atoms with Gasteiger partial charge in [-0.25, -0.2) is 13.4 Å². The molecule has 0 bridgehead atoms. The summed E-state index contributed by atoms with van der Waals surface area (Å²) in [5.74, 6) is -0.343. The predicted octanol–water partition coefficient (Wildman–Crippen LogP) is 3.39. The van der Waals surface area contributed by atoms with Gasteiger partial charge in [-0.2, -0.15) is 0 Å². The Balaban J connectivity index is 1.91. The molecule has 1 aromatic carbocycles. The molecule has 0 saturated heterocycles. The van der Waals surface area contributed by atoms with Crippen molar-refractivity contribution in [1.29, 1.82) is 0 Å². The molecule has 0 unspecified atom stereocenters. The van der Waals surface area contributed by atoms with Crippen LogP contribution in [-0.4, -0.2) is 31.1 Å². The van der Waals surface area contributed by atoms with Gasteiger partial charge >= 0.3 is 0 Å². The summed E-state index contributed by atoms with van der Waals surface area (Å²) in [6.07, 6.45) is 2.65. The number of aromatic nitrogens is 1. The van der Waals surface area contributed by atoms with Gasteiger partial charge in [0.25, 0.3) is 5.91 Å². The van der Waals surface area contributed by atoms with Crippen molar-refractivity contribution in [3.05, 3.63) is 45.9 Å². The van der Waals surface area contributed by atoms with Gasteiger partial charge in [0, 0.05) is 17.6 Å². The summed E-state index contributed by atoms with van der Waals surface area (Å²) in [6, 6.07) is 6.37. The van der Waals surface area contributed by atoms with Gasteiger partial charge in [-0.3, -0.25) is 4.79 Å². The number of nitrogens with one attached hydrogen (secondary N) is 1. The molecular formula is C18H24N2O3S2. The molecule has 1 heterocycles. The molecule has 0 saturated carbocycles. The minimum absolute atomic E-state index is 0.0979. The Bertz CT molecular complexity index is 826. The maximum atomic E-state index is 12.4. The number of benzene rings is 1. The fraction of sp³-hybridized carbons (Fsp3) is 0.444. The number of hydrogen-bond donors (Lipinski definition) is 1. The van der Waals surface area contributed by atoms with Crippen LogP contribution in [0.5, 0.6) is 0 Å². The van der Waals surface area contributed by atoms with Crippen LogP contribution in [0.1, 0.15) is 47.7 Å². The first-order valence-electron chi connectivity index (χ1n) is 8.34. The molecule has 136 valence electrons. The molecule has 0 spiro atoms. The van der Waals surface area contributed by atoms with E-state index in [9.17, 15) is 13.2 Å². The minimum Gasteiger partial charge on any atom is -0.352 e. The Morgan fingerprint density at radius 2 is 1.96 bits per heavy atom. The van der Waals surface area contributed by atoms with Gasteiger partial charge in [0.2, 0.25) is 0 Å². The first-order chi connectivity index (χ1) is 11.8. The first-order valence-corrected chi connectivity index (χ1v) is 10.8. The van der Waals surface area contributed by atoms with Gasteiger partial charge in [-0.05, 0) is 52.2 Å². The van der Waals surface area contributed by atoms with E-state index >= 15 is 0 Å². The lowest BCUT2D eigenvalue weighted by molar-refractivity contribution is 0.0949. The van der Waals surface area contributed by atoms with E-state index in [-0.39, 0.29) is 16.4 Å². The zero-order valence-corrected chi connectivity index (χ0v) is 16.4. The number of amides is 1. The third-order valence-corrected chi connectivity index (χ3v) is 7.07. The molecule has 2 rings (SSSR count). The summed E-state index contributed by atoms with van der Waals surface area (Å²) < 4.78 is 24.8. The summed E-state index contributed by atoms with van der Waals surface area (Å²) >= 11 is 1.65. The average molecular weight is 381 g/mol. The van der Waals surface area contributed by atoms with Crippen molar-refractivity contribution in [3.8, 4) is 0 Å². The second kappa shape index (κ2) is 8.58. The Morgan fingerprint density at radius 1 is 1.24 bits per heavy atom. The van der Waals surface area contributed by atoms with Crippen LogP contribution in [0, 0.1) is 6.92 Å². The highest BCUT2D eigenvalue weighted by Gasteiger charge is 2.24. The fourth-order valence-electron chi connectivity index (χ4n) is 2.37. The lowest BCUT2D eigenvalue weighted by Gasteiger charge is -2.13. The van der Waals surface area contributed by atoms with Crippen LogP contribution >= 0.6 is 11.3 Å². The number of unbranched alkanes of at least 4 members (excludes halogenated alkanes) is 1. The molecule has 7 heteroatoms. The van der Waals surface area contributed by atoms with E-state index < -0.39 is 15.1 Å². The molecular weight excluding hydrogens is 356 g/mol. The zero-order chi connectivity index (χ0) is 18.4. The highest BCUT2D eigenvalue weighted by Crippen LogP contribution is 2.20. The monoisotopic (exact) mass is 380 g/mol. The average Bonchev–Trinajstić information content (AvgIpc) is 2.99. The van der Waals surface area contributed by atoms with E-state index in [2.05, 4.69) is 10.3 Å². The number of hydrogen-bond acceptors (Lipinski definition) is 5. The summed E-state index contributed by atoms with van der Waals surface area (Å²) in [4.78, 5) is 16.9. The van der Waals surface area contributed by atoms with Crippen molar-refractivity contribution in [3.63, 3.8) is 0 Å². The predicted molar refractivity (Wildman–Crippen MR) is 101 cm³/mol. The standard InChI is InChI=1S/C18H24N2O3S2/c1-13(2)25(22,23)16-9-5-4-8-15(16)18(21)19-11-7-6-10-17-20-14(3)12-24-17/h4-5,8-9,12-13H,6-7,10-11H2,1-3H3,(H,19,21). The molecule has 1 amide bonds. The van der Waals surface area contributed by atoms with Crippen molar-refractivity contribution in [2.24, 2.45) is 0 Å². The van der Waals surface area contributed by atoms with Crippen LogP contribution < -0.4 is 5.32 Å². The Labute approximate surface area is 153 Å². The van der Waals surface area contributed by atoms with Crippen molar-refractivity contribution in [2.75, 3.05) is 6.54 Å². The van der Waals surface area contributed by atoms with Crippen LogP contribution in [0.25, 0.3) is 0 Å². The van der Waals surface area contributed by atoms with Gasteiger partial charge in [-0.15, -0.1) is 11.3 Å². The smallest absolute Gasteiger partial charge is 0.252 e. The number of carbonyl (C=O) groups excluding carboxylic acids is 1. The first kappa shape index (κ1) is 19.6. The molecule has 0 aliphatic carbocycles. The quantitative estimate of drug-likeness (QED) is 0.712. The molecule has 5 nitrogen and oxygen atoms in total. The van der Waals surface area contributed by atoms with Crippen molar-refractivity contribution in [2.45, 2.75) is 50.2 Å². The SMILES string of the molecule is Cc1csc(CCCCNC(=O)c2ccccc2S(=O)(=O)C(C)C)n1. The van der Waals surface area contributed by atoms with Gasteiger partial charge in [0.15, 0.2) is 9.84 Å². The molecule has 1 N–H and O–H groups in total. The molecule has 0 aliphatic heterocycles. The maximum absolute atomic E-state index is 12.4. The number of carbonyl (C=O) groups is 1. The van der Waals surface area contributed by atoms with Crippen molar-refractivity contribution in [1.82, 2.24) is 10.3 Å². The second-order valence-electron chi connectivity index (χ2n) is 6.19. The van der Waals surface area contributed by atoms with Gasteiger partial charge in [-0.1, -0.05) is 12.1 Å². The lowest BCUT2D eigenvalue weighted by atomic mass is 10.2. The number of rotatable bonds is 8. The highest BCUT2D eigenvalue weighted by molar-refractivity contribution is 7.92. The number of aryl methyl sites for hydroxylation is 2. The van der Waals surface area contributed by atoms with Crippen LogP contribution in [0.4, 0.5) is 0 Å². The normalized spacial score (nSPS) is 11.7. The van der Waals surface area contributed by atoms with Crippen LogP contribution in [0.15, 0.2) is 34.5 Å². The lowest BCUT2D eigenvalue weighted by Crippen LogP contribution is -2.27. The van der Waals surface area contributed by atoms with Crippen molar-refractivity contribution < 1.29 is 13.2 Å². The van der Waals surface area contributed by atoms with E-state index in [1.165, 1.54) is 6.07 Å². The largest absolute Gasteiger partial charge is 0.352 e. The van der Waals surface area contributed by atoms with Crippen LogP contribution in [0.3, 0.4) is 0 Å². The van der Waals surface area contributed by atoms with E-state index in [0.717, 1.165) is 30.0 Å². The molecule has 0 radical (unpaired) electrons. The van der Waals surface area contributed by atoms with Gasteiger partial charge in [0.1, 0.15) is 0 Å². The third-order valence-electron chi connectivity index (χ3n) is 3.83. The minimum atomic E-state index is -3.49. The van der Waals surface area contributed by atoms with E-state index in [1.54, 1.807) is 43.4 Å². The summed E-state index contributed by atoms with van der Waals surface area (Å²) in [5.41, 5.74) is 1.25. The maximum Gasteiger partial charge on any atom is 0.252 e. The fourth-order valence-corrected chi connectivity index (χ4v) is 4.43. The molecule has 25 heavy (non-hydrogen) atoms. The molecule has 2 aromatic rings. The highest BCUT2D eigenvalue weighted by atomic mass is 32.2. The molecule has 0 fully saturated rings. The third kappa shape index (κ3) is 5.12. The van der Waals surface area contributed by atoms with Gasteiger partial charge in [0.05, 0.1) is 20.7 Å². The molecule has 0 atom stereocenters.